The lowest BCUT2D eigenvalue weighted by molar-refractivity contribution is -0.114. The maximum atomic E-state index is 12.1. The van der Waals surface area contributed by atoms with Crippen LogP contribution in [0.2, 0.25) is 0 Å². The molecule has 3 aromatic rings. The number of thiophene rings is 1. The molecular weight excluding hydrogens is 426 g/mol. The van der Waals surface area contributed by atoms with Gasteiger partial charge in [0.05, 0.1) is 6.04 Å². The number of pyridine rings is 1. The van der Waals surface area contributed by atoms with E-state index in [2.05, 4.69) is 51.6 Å². The Labute approximate surface area is 201 Å². The maximum Gasteiger partial charge on any atom is 0.221 e. The first-order chi connectivity index (χ1) is 16.2. The number of benzene rings is 1. The smallest absolute Gasteiger partial charge is 0.221 e. The van der Waals surface area contributed by atoms with Gasteiger partial charge in [0, 0.05) is 29.8 Å². The minimum atomic E-state index is 0.0151. The molecule has 1 aromatic carbocycles. The summed E-state index contributed by atoms with van der Waals surface area (Å²) in [5.74, 6) is 0.741. The normalized spacial score (nSPS) is 18.0. The molecule has 1 aliphatic carbocycles. The number of aryl methyl sites for hydroxylation is 1. The van der Waals surface area contributed by atoms with Crippen LogP contribution in [0.15, 0.2) is 54.9 Å². The fourth-order valence-electron chi connectivity index (χ4n) is 5.59. The van der Waals surface area contributed by atoms with Gasteiger partial charge < -0.3 is 5.32 Å². The van der Waals surface area contributed by atoms with E-state index in [0.717, 1.165) is 43.3 Å². The highest BCUT2D eigenvalue weighted by atomic mass is 32.1. The summed E-state index contributed by atoms with van der Waals surface area (Å²) in [6.45, 7) is 3.76. The molecule has 2 aromatic heterocycles. The van der Waals surface area contributed by atoms with E-state index >= 15 is 0 Å². The van der Waals surface area contributed by atoms with Crippen molar-refractivity contribution < 1.29 is 4.79 Å². The first-order valence-corrected chi connectivity index (χ1v) is 13.1. The summed E-state index contributed by atoms with van der Waals surface area (Å²) in [5, 5.41) is 4.24. The predicted octanol–water partition coefficient (Wildman–Crippen LogP) is 6.02. The van der Waals surface area contributed by atoms with E-state index in [4.69, 9.17) is 0 Å². The van der Waals surface area contributed by atoms with Crippen molar-refractivity contribution in [2.45, 2.75) is 57.9 Å². The molecule has 33 heavy (non-hydrogen) atoms. The molecule has 1 atom stereocenters. The number of hydrogen-bond acceptors (Lipinski definition) is 4. The Kier molecular flexibility index (Phi) is 6.88. The Balaban J connectivity index is 1.45. The average molecular weight is 460 g/mol. The number of anilines is 1. The number of nitrogens with one attached hydrogen (secondary N) is 1. The fourth-order valence-corrected chi connectivity index (χ4v) is 6.96. The van der Waals surface area contributed by atoms with Crippen molar-refractivity contribution in [2.75, 3.05) is 18.4 Å². The summed E-state index contributed by atoms with van der Waals surface area (Å²) in [6.07, 6.45) is 12.2. The molecule has 5 heteroatoms. The molecule has 0 unspecified atom stereocenters. The first kappa shape index (κ1) is 22.3. The predicted molar refractivity (Wildman–Crippen MR) is 136 cm³/mol. The van der Waals surface area contributed by atoms with Gasteiger partial charge >= 0.3 is 0 Å². The van der Waals surface area contributed by atoms with Gasteiger partial charge in [0.25, 0.3) is 0 Å². The van der Waals surface area contributed by atoms with Crippen LogP contribution in [-0.4, -0.2) is 28.9 Å². The van der Waals surface area contributed by atoms with Crippen molar-refractivity contribution in [2.24, 2.45) is 5.92 Å². The highest BCUT2D eigenvalue weighted by molar-refractivity contribution is 7.16. The molecule has 172 valence electrons. The van der Waals surface area contributed by atoms with Crippen LogP contribution in [0.5, 0.6) is 0 Å². The number of amides is 1. The molecule has 0 spiro atoms. The number of hydrogen-bond donors (Lipinski definition) is 1. The van der Waals surface area contributed by atoms with Gasteiger partial charge in [0.1, 0.15) is 5.00 Å². The van der Waals surface area contributed by atoms with Crippen molar-refractivity contribution in [3.8, 4) is 0 Å². The number of piperidine rings is 1. The van der Waals surface area contributed by atoms with Gasteiger partial charge in [-0.25, -0.2) is 0 Å². The largest absolute Gasteiger partial charge is 0.318 e. The minimum absolute atomic E-state index is 0.0151. The summed E-state index contributed by atoms with van der Waals surface area (Å²) >= 11 is 1.80. The molecule has 1 N–H and O–H groups in total. The minimum Gasteiger partial charge on any atom is -0.318 e. The van der Waals surface area contributed by atoms with Crippen LogP contribution in [0.3, 0.4) is 0 Å². The van der Waals surface area contributed by atoms with Gasteiger partial charge in [-0.3, -0.25) is 14.7 Å². The fraction of sp³-hybridized carbons (Fsp3) is 0.429. The second-order valence-electron chi connectivity index (χ2n) is 9.49. The van der Waals surface area contributed by atoms with Crippen LogP contribution in [0.1, 0.15) is 65.8 Å². The molecule has 0 bridgehead atoms. The first-order valence-electron chi connectivity index (χ1n) is 12.3. The van der Waals surface area contributed by atoms with Crippen LogP contribution in [0, 0.1) is 5.92 Å². The van der Waals surface area contributed by atoms with Crippen molar-refractivity contribution in [3.63, 3.8) is 0 Å². The van der Waals surface area contributed by atoms with Gasteiger partial charge in [-0.05, 0) is 86.7 Å². The van der Waals surface area contributed by atoms with Crippen LogP contribution >= 0.6 is 11.3 Å². The molecule has 1 fully saturated rings. The third-order valence-electron chi connectivity index (χ3n) is 7.16. The Morgan fingerprint density at radius 2 is 1.91 bits per heavy atom. The van der Waals surface area contributed by atoms with Gasteiger partial charge in [-0.15, -0.1) is 11.3 Å². The Hall–Kier alpha value is -2.50. The zero-order valence-electron chi connectivity index (χ0n) is 19.4. The third-order valence-corrected chi connectivity index (χ3v) is 8.38. The second-order valence-corrected chi connectivity index (χ2v) is 10.6. The zero-order chi connectivity index (χ0) is 22.6. The monoisotopic (exact) mass is 459 g/mol. The summed E-state index contributed by atoms with van der Waals surface area (Å²) < 4.78 is 0. The number of carbonyl (C=O) groups is 1. The highest BCUT2D eigenvalue weighted by Gasteiger charge is 2.34. The quantitative estimate of drug-likeness (QED) is 0.490. The number of likely N-dealkylation sites (tertiary alicyclic amines) is 1. The van der Waals surface area contributed by atoms with Gasteiger partial charge in [-0.2, -0.15) is 0 Å². The SMILES string of the molecule is CC(=O)Nc1sc2c(c1[C@H](c1cccnc1)N1CCC(Cc3ccccc3)CC1)CCCC2. The molecule has 5 rings (SSSR count). The molecular formula is C28H33N3OS. The third kappa shape index (κ3) is 5.04. The lowest BCUT2D eigenvalue weighted by Crippen LogP contribution is -2.38. The zero-order valence-corrected chi connectivity index (χ0v) is 20.2. The summed E-state index contributed by atoms with van der Waals surface area (Å²) in [7, 11) is 0. The van der Waals surface area contributed by atoms with Crippen LogP contribution in [0.4, 0.5) is 5.00 Å². The average Bonchev–Trinajstić information content (AvgIpc) is 3.19. The molecule has 3 heterocycles. The number of carbonyl (C=O) groups excluding carboxylic acids is 1. The van der Waals surface area contributed by atoms with E-state index in [0.29, 0.717) is 0 Å². The lowest BCUT2D eigenvalue weighted by atomic mass is 9.86. The standard InChI is InChI=1S/C28H33N3OS/c1-20(32)30-28-26(24-11-5-6-12-25(24)33-28)27(23-10-7-15-29-19-23)31-16-13-22(14-17-31)18-21-8-3-2-4-9-21/h2-4,7-10,15,19,22,27H,5-6,11-14,16-18H2,1H3,(H,30,32)/t27-/m0/s1. The second kappa shape index (κ2) is 10.2. The van der Waals surface area contributed by atoms with Crippen LogP contribution in [-0.2, 0) is 24.1 Å². The Morgan fingerprint density at radius 1 is 1.12 bits per heavy atom. The topological polar surface area (TPSA) is 45.2 Å². The molecule has 1 saturated heterocycles. The maximum absolute atomic E-state index is 12.1. The van der Waals surface area contributed by atoms with E-state index in [1.807, 2.05) is 18.5 Å². The van der Waals surface area contributed by atoms with Crippen molar-refractivity contribution in [1.82, 2.24) is 9.88 Å². The number of aromatic nitrogens is 1. The van der Waals surface area contributed by atoms with Crippen LogP contribution in [0.25, 0.3) is 0 Å². The summed E-state index contributed by atoms with van der Waals surface area (Å²) in [6, 6.07) is 15.3. The molecule has 4 nitrogen and oxygen atoms in total. The van der Waals surface area contributed by atoms with E-state index in [-0.39, 0.29) is 11.9 Å². The Bertz CT molecular complexity index is 1070. The highest BCUT2D eigenvalue weighted by Crippen LogP contribution is 2.46. The lowest BCUT2D eigenvalue weighted by Gasteiger charge is -2.39. The van der Waals surface area contributed by atoms with Crippen molar-refractivity contribution in [3.05, 3.63) is 82.0 Å². The van der Waals surface area contributed by atoms with E-state index in [1.54, 1.807) is 18.3 Å². The van der Waals surface area contributed by atoms with Gasteiger partial charge in [0.15, 0.2) is 0 Å². The van der Waals surface area contributed by atoms with Gasteiger partial charge in [-0.1, -0.05) is 36.4 Å². The van der Waals surface area contributed by atoms with Crippen molar-refractivity contribution >= 4 is 22.2 Å². The summed E-state index contributed by atoms with van der Waals surface area (Å²) in [4.78, 5) is 20.7. The van der Waals surface area contributed by atoms with E-state index < -0.39 is 0 Å². The molecule has 0 radical (unpaired) electrons. The molecule has 2 aliphatic rings. The number of fused-ring (bicyclic) bond motifs is 1. The van der Waals surface area contributed by atoms with E-state index in [1.165, 1.54) is 52.8 Å². The number of nitrogens with zero attached hydrogens (tertiary/aromatic N) is 2. The van der Waals surface area contributed by atoms with E-state index in [9.17, 15) is 4.79 Å². The van der Waals surface area contributed by atoms with Crippen LogP contribution < -0.4 is 5.32 Å². The summed E-state index contributed by atoms with van der Waals surface area (Å²) in [5.41, 5.74) is 5.49. The Morgan fingerprint density at radius 3 is 2.64 bits per heavy atom. The molecule has 0 saturated carbocycles. The molecule has 1 amide bonds. The number of rotatable bonds is 6. The van der Waals surface area contributed by atoms with Gasteiger partial charge in [0.2, 0.25) is 5.91 Å². The van der Waals surface area contributed by atoms with Crippen molar-refractivity contribution in [1.29, 1.82) is 0 Å². The molecule has 1 aliphatic heterocycles.